The normalized spacial score (nSPS) is 24.1. The average molecular weight is 284 g/mol. The molecule has 0 amide bonds. The predicted octanol–water partition coefficient (Wildman–Crippen LogP) is 4.47. The molecular formula is C19H24O2. The molecule has 112 valence electrons. The number of rotatable bonds is 4. The molecule has 1 saturated carbocycles. The maximum absolute atomic E-state index is 10.5. The highest BCUT2D eigenvalue weighted by molar-refractivity contribution is 5.85. The lowest BCUT2D eigenvalue weighted by molar-refractivity contribution is -0.0290. The van der Waals surface area contributed by atoms with E-state index in [1.54, 1.807) is 0 Å². The first-order valence-corrected chi connectivity index (χ1v) is 8.01. The topological polar surface area (TPSA) is 29.5 Å². The number of ether oxygens (including phenoxy) is 1. The molecule has 2 aromatic carbocycles. The first kappa shape index (κ1) is 14.6. The molecule has 2 heteroatoms. The van der Waals surface area contributed by atoms with Crippen molar-refractivity contribution in [2.75, 3.05) is 6.61 Å². The molecule has 3 rings (SSSR count). The van der Waals surface area contributed by atoms with Gasteiger partial charge in [-0.1, -0.05) is 49.4 Å². The lowest BCUT2D eigenvalue weighted by Crippen LogP contribution is -2.22. The summed E-state index contributed by atoms with van der Waals surface area (Å²) >= 11 is 0. The molecule has 2 nitrogen and oxygen atoms in total. The summed E-state index contributed by atoms with van der Waals surface area (Å²) in [7, 11) is 0. The van der Waals surface area contributed by atoms with Gasteiger partial charge >= 0.3 is 0 Å². The molecule has 0 aliphatic heterocycles. The standard InChI is InChI=1S/C19H24O2/c1-14-9-11-16(12-10-14)21-13-19(20)18-8-4-6-15-5-2-3-7-17(15)18/h2-8,14,16,19-20H,9-13H2,1H3. The third kappa shape index (κ3) is 3.45. The molecule has 1 N–H and O–H groups in total. The van der Waals surface area contributed by atoms with Crippen LogP contribution in [0, 0.1) is 5.92 Å². The van der Waals surface area contributed by atoms with Gasteiger partial charge in [0, 0.05) is 0 Å². The van der Waals surface area contributed by atoms with Crippen molar-refractivity contribution in [3.8, 4) is 0 Å². The fourth-order valence-electron chi connectivity index (χ4n) is 3.25. The number of aliphatic hydroxyl groups is 1. The van der Waals surface area contributed by atoms with Gasteiger partial charge in [-0.05, 0) is 47.9 Å². The Morgan fingerprint density at radius 2 is 1.76 bits per heavy atom. The molecule has 1 aliphatic rings. The van der Waals surface area contributed by atoms with E-state index in [2.05, 4.69) is 25.1 Å². The lowest BCUT2D eigenvalue weighted by Gasteiger charge is -2.27. The van der Waals surface area contributed by atoms with Gasteiger partial charge in [0.15, 0.2) is 0 Å². The van der Waals surface area contributed by atoms with Gasteiger partial charge in [-0.3, -0.25) is 0 Å². The van der Waals surface area contributed by atoms with E-state index in [1.165, 1.54) is 18.2 Å². The van der Waals surface area contributed by atoms with Crippen LogP contribution in [-0.4, -0.2) is 17.8 Å². The number of hydrogen-bond donors (Lipinski definition) is 1. The second-order valence-corrected chi connectivity index (χ2v) is 6.30. The summed E-state index contributed by atoms with van der Waals surface area (Å²) in [6, 6.07) is 14.3. The molecule has 0 saturated heterocycles. The van der Waals surface area contributed by atoms with E-state index in [4.69, 9.17) is 4.74 Å². The Bertz CT molecular complexity index is 580. The quantitative estimate of drug-likeness (QED) is 0.897. The van der Waals surface area contributed by atoms with Gasteiger partial charge in [0.2, 0.25) is 0 Å². The van der Waals surface area contributed by atoms with E-state index in [0.717, 1.165) is 29.7 Å². The fourth-order valence-corrected chi connectivity index (χ4v) is 3.25. The van der Waals surface area contributed by atoms with Crippen LogP contribution in [0.2, 0.25) is 0 Å². The average Bonchev–Trinajstić information content (AvgIpc) is 2.53. The van der Waals surface area contributed by atoms with Gasteiger partial charge in [0.05, 0.1) is 12.7 Å². The zero-order valence-electron chi connectivity index (χ0n) is 12.7. The van der Waals surface area contributed by atoms with Crippen LogP contribution in [0.5, 0.6) is 0 Å². The molecule has 0 radical (unpaired) electrons. The monoisotopic (exact) mass is 284 g/mol. The summed E-state index contributed by atoms with van der Waals surface area (Å²) < 4.78 is 5.95. The molecule has 2 aromatic rings. The Kier molecular flexibility index (Phi) is 4.57. The Labute approximate surface area is 126 Å². The second-order valence-electron chi connectivity index (χ2n) is 6.30. The SMILES string of the molecule is CC1CCC(OCC(O)c2cccc3ccccc23)CC1. The van der Waals surface area contributed by atoms with E-state index in [-0.39, 0.29) is 0 Å². The van der Waals surface area contributed by atoms with Crippen molar-refractivity contribution in [3.63, 3.8) is 0 Å². The van der Waals surface area contributed by atoms with Crippen molar-refractivity contribution in [2.24, 2.45) is 5.92 Å². The van der Waals surface area contributed by atoms with Crippen molar-refractivity contribution >= 4 is 10.8 Å². The minimum atomic E-state index is -0.546. The van der Waals surface area contributed by atoms with Crippen molar-refractivity contribution in [1.29, 1.82) is 0 Å². The predicted molar refractivity (Wildman–Crippen MR) is 86.3 cm³/mol. The third-order valence-electron chi connectivity index (χ3n) is 4.64. The summed E-state index contributed by atoms with van der Waals surface area (Å²) in [5.41, 5.74) is 0.970. The molecule has 0 aromatic heterocycles. The van der Waals surface area contributed by atoms with Crippen LogP contribution >= 0.6 is 0 Å². The van der Waals surface area contributed by atoms with Gasteiger partial charge in [-0.25, -0.2) is 0 Å². The van der Waals surface area contributed by atoms with Gasteiger partial charge in [0.25, 0.3) is 0 Å². The highest BCUT2D eigenvalue weighted by Gasteiger charge is 2.20. The van der Waals surface area contributed by atoms with E-state index < -0.39 is 6.10 Å². The lowest BCUT2D eigenvalue weighted by atomic mass is 9.89. The Morgan fingerprint density at radius 1 is 1.05 bits per heavy atom. The van der Waals surface area contributed by atoms with E-state index in [1.807, 2.05) is 24.3 Å². The first-order chi connectivity index (χ1) is 10.2. The first-order valence-electron chi connectivity index (χ1n) is 8.01. The van der Waals surface area contributed by atoms with Crippen LogP contribution in [0.3, 0.4) is 0 Å². The van der Waals surface area contributed by atoms with Crippen LogP contribution < -0.4 is 0 Å². The maximum atomic E-state index is 10.5. The van der Waals surface area contributed by atoms with E-state index >= 15 is 0 Å². The van der Waals surface area contributed by atoms with Crippen LogP contribution in [0.25, 0.3) is 10.8 Å². The van der Waals surface area contributed by atoms with Crippen molar-refractivity contribution in [1.82, 2.24) is 0 Å². The van der Waals surface area contributed by atoms with E-state index in [9.17, 15) is 5.11 Å². The Morgan fingerprint density at radius 3 is 2.57 bits per heavy atom. The molecule has 1 atom stereocenters. The molecule has 21 heavy (non-hydrogen) atoms. The van der Waals surface area contributed by atoms with Crippen molar-refractivity contribution in [2.45, 2.75) is 44.8 Å². The van der Waals surface area contributed by atoms with Gasteiger partial charge in [-0.15, -0.1) is 0 Å². The van der Waals surface area contributed by atoms with E-state index in [0.29, 0.717) is 12.7 Å². The molecule has 0 bridgehead atoms. The third-order valence-corrected chi connectivity index (χ3v) is 4.64. The van der Waals surface area contributed by atoms with Gasteiger partial charge in [-0.2, -0.15) is 0 Å². The molecule has 0 spiro atoms. The van der Waals surface area contributed by atoms with Crippen molar-refractivity contribution in [3.05, 3.63) is 48.0 Å². The molecular weight excluding hydrogens is 260 g/mol. The van der Waals surface area contributed by atoms with Crippen LogP contribution in [0.1, 0.15) is 44.3 Å². The molecule has 0 heterocycles. The fraction of sp³-hybridized carbons (Fsp3) is 0.474. The minimum absolute atomic E-state index is 0.325. The minimum Gasteiger partial charge on any atom is -0.386 e. The van der Waals surface area contributed by atoms with Crippen molar-refractivity contribution < 1.29 is 9.84 Å². The molecule has 1 aliphatic carbocycles. The summed E-state index contributed by atoms with van der Waals surface area (Å²) in [4.78, 5) is 0. The zero-order valence-corrected chi connectivity index (χ0v) is 12.7. The zero-order chi connectivity index (χ0) is 14.7. The smallest absolute Gasteiger partial charge is 0.103 e. The van der Waals surface area contributed by atoms with Gasteiger partial charge < -0.3 is 9.84 Å². The number of aliphatic hydroxyl groups excluding tert-OH is 1. The summed E-state index contributed by atoms with van der Waals surface area (Å²) in [5, 5.41) is 12.8. The number of hydrogen-bond acceptors (Lipinski definition) is 2. The summed E-state index contributed by atoms with van der Waals surface area (Å²) in [6.45, 7) is 2.70. The van der Waals surface area contributed by atoms with Crippen LogP contribution in [0.4, 0.5) is 0 Å². The highest BCUT2D eigenvalue weighted by Crippen LogP contribution is 2.28. The second kappa shape index (κ2) is 6.59. The maximum Gasteiger partial charge on any atom is 0.103 e. The Balaban J connectivity index is 1.65. The van der Waals surface area contributed by atoms with Crippen LogP contribution in [0.15, 0.2) is 42.5 Å². The molecule has 1 fully saturated rings. The van der Waals surface area contributed by atoms with Crippen LogP contribution in [-0.2, 0) is 4.74 Å². The highest BCUT2D eigenvalue weighted by atomic mass is 16.5. The number of fused-ring (bicyclic) bond motifs is 1. The molecule has 1 unspecified atom stereocenters. The largest absolute Gasteiger partial charge is 0.386 e. The number of benzene rings is 2. The summed E-state index contributed by atoms with van der Waals surface area (Å²) in [6.07, 6.45) is 4.53. The Hall–Kier alpha value is -1.38. The summed E-state index contributed by atoms with van der Waals surface area (Å²) in [5.74, 6) is 0.827. The van der Waals surface area contributed by atoms with Gasteiger partial charge in [0.1, 0.15) is 6.10 Å².